The van der Waals surface area contributed by atoms with Gasteiger partial charge in [-0.05, 0) is 34.1 Å². The number of hydrogen-bond acceptors (Lipinski definition) is 3. The first-order chi connectivity index (χ1) is 8.17. The fourth-order valence-corrected chi connectivity index (χ4v) is 1.46. The Labute approximate surface area is 107 Å². The zero-order chi connectivity index (χ0) is 12.7. The number of nitrogens with one attached hydrogen (secondary N) is 2. The molecule has 17 heavy (non-hydrogen) atoms. The van der Waals surface area contributed by atoms with Crippen LogP contribution in [0.5, 0.6) is 0 Å². The van der Waals surface area contributed by atoms with Crippen LogP contribution in [-0.4, -0.2) is 26.2 Å². The summed E-state index contributed by atoms with van der Waals surface area (Å²) < 4.78 is 18.2. The van der Waals surface area contributed by atoms with Gasteiger partial charge in [-0.25, -0.2) is 15.2 Å². The van der Waals surface area contributed by atoms with E-state index < -0.39 is 0 Å². The molecule has 1 aromatic rings. The van der Waals surface area contributed by atoms with E-state index in [1.165, 1.54) is 6.07 Å². The highest BCUT2D eigenvalue weighted by Gasteiger charge is 2.02. The molecule has 0 spiro atoms. The Balaban J connectivity index is 2.67. The second-order valence-corrected chi connectivity index (χ2v) is 3.98. The van der Waals surface area contributed by atoms with Gasteiger partial charge in [-0.15, -0.1) is 0 Å². The highest BCUT2D eigenvalue weighted by molar-refractivity contribution is 9.10. The molecule has 0 fully saturated rings. The fourth-order valence-electron chi connectivity index (χ4n) is 1.08. The minimum absolute atomic E-state index is 0.325. The molecule has 0 atom stereocenters. The molecular weight excluding hydrogens is 291 g/mol. The maximum atomic E-state index is 13.0. The van der Waals surface area contributed by atoms with Crippen LogP contribution in [0.15, 0.2) is 27.7 Å². The van der Waals surface area contributed by atoms with Crippen molar-refractivity contribution in [3.05, 3.63) is 28.5 Å². The number of benzene rings is 1. The molecule has 1 rings (SSSR count). The van der Waals surface area contributed by atoms with Crippen LogP contribution in [0.25, 0.3) is 0 Å². The van der Waals surface area contributed by atoms with Crippen LogP contribution >= 0.6 is 15.9 Å². The lowest BCUT2D eigenvalue weighted by Crippen LogP contribution is -2.36. The van der Waals surface area contributed by atoms with Crippen LogP contribution in [0.2, 0.25) is 0 Å². The molecule has 0 unspecified atom stereocenters. The first kappa shape index (κ1) is 13.9. The summed E-state index contributed by atoms with van der Waals surface area (Å²) in [4.78, 5) is 4.11. The summed E-state index contributed by atoms with van der Waals surface area (Å²) in [5.41, 5.74) is 3.09. The fraction of sp³-hybridized carbons (Fsp3) is 0.300. The predicted octanol–water partition coefficient (Wildman–Crippen LogP) is 1.47. The van der Waals surface area contributed by atoms with Crippen LogP contribution in [0, 0.1) is 5.82 Å². The Bertz CT molecular complexity index is 400. The summed E-state index contributed by atoms with van der Waals surface area (Å²) in [5, 5.41) is 2.92. The van der Waals surface area contributed by atoms with Gasteiger partial charge < -0.3 is 10.1 Å². The number of hydrazine groups is 1. The number of hydrogen-bond donors (Lipinski definition) is 3. The molecule has 0 aliphatic carbocycles. The number of ether oxygens (including phenoxy) is 1. The Morgan fingerprint density at radius 1 is 1.59 bits per heavy atom. The lowest BCUT2D eigenvalue weighted by atomic mass is 10.3. The quantitative estimate of drug-likeness (QED) is 0.259. The van der Waals surface area contributed by atoms with E-state index >= 15 is 0 Å². The van der Waals surface area contributed by atoms with Gasteiger partial charge in [0.1, 0.15) is 5.82 Å². The van der Waals surface area contributed by atoms with Gasteiger partial charge in [0.2, 0.25) is 5.96 Å². The summed E-state index contributed by atoms with van der Waals surface area (Å²) in [6.45, 7) is 0.978. The van der Waals surface area contributed by atoms with Crippen molar-refractivity contribution in [1.29, 1.82) is 0 Å². The van der Waals surface area contributed by atoms with Crippen LogP contribution in [0.4, 0.5) is 10.1 Å². The number of aliphatic imine (C=N–C) groups is 1. The van der Waals surface area contributed by atoms with Crippen molar-refractivity contribution in [3.8, 4) is 0 Å². The van der Waals surface area contributed by atoms with E-state index in [9.17, 15) is 4.39 Å². The predicted molar refractivity (Wildman–Crippen MR) is 69.2 cm³/mol. The molecule has 0 heterocycles. The average molecular weight is 305 g/mol. The third kappa shape index (κ3) is 4.68. The molecule has 0 aromatic heterocycles. The van der Waals surface area contributed by atoms with Crippen LogP contribution < -0.4 is 16.6 Å². The number of methoxy groups -OCH3 is 1. The minimum atomic E-state index is -0.325. The lowest BCUT2D eigenvalue weighted by Gasteiger charge is -2.09. The molecule has 0 bridgehead atoms. The molecular formula is C10H14BrFN4O. The number of nitrogens with zero attached hydrogens (tertiary/aromatic N) is 1. The van der Waals surface area contributed by atoms with Gasteiger partial charge in [-0.3, -0.25) is 5.43 Å². The molecule has 0 saturated heterocycles. The van der Waals surface area contributed by atoms with Gasteiger partial charge in [-0.1, -0.05) is 0 Å². The third-order valence-electron chi connectivity index (χ3n) is 1.88. The monoisotopic (exact) mass is 304 g/mol. The van der Waals surface area contributed by atoms with Crippen molar-refractivity contribution in [2.75, 3.05) is 25.6 Å². The van der Waals surface area contributed by atoms with E-state index in [2.05, 4.69) is 31.7 Å². The molecule has 0 saturated carbocycles. The van der Waals surface area contributed by atoms with Gasteiger partial charge in [0.25, 0.3) is 0 Å². The maximum Gasteiger partial charge on any atom is 0.210 e. The van der Waals surface area contributed by atoms with E-state index in [1.54, 1.807) is 19.2 Å². The van der Waals surface area contributed by atoms with Crippen molar-refractivity contribution >= 4 is 27.6 Å². The van der Waals surface area contributed by atoms with Gasteiger partial charge in [0.05, 0.1) is 17.6 Å². The van der Waals surface area contributed by atoms with E-state index in [0.717, 1.165) is 0 Å². The molecule has 0 amide bonds. The summed E-state index contributed by atoms with van der Waals surface area (Å²) in [6, 6.07) is 4.53. The number of nitrogens with two attached hydrogens (primary N) is 1. The number of anilines is 1. The second-order valence-electron chi connectivity index (χ2n) is 3.12. The largest absolute Gasteiger partial charge is 0.383 e. The maximum absolute atomic E-state index is 13.0. The molecule has 0 aliphatic rings. The van der Waals surface area contributed by atoms with E-state index in [1.807, 2.05) is 0 Å². The first-order valence-electron chi connectivity index (χ1n) is 4.89. The molecule has 94 valence electrons. The van der Waals surface area contributed by atoms with Gasteiger partial charge in [0.15, 0.2) is 0 Å². The van der Waals surface area contributed by atoms with Crippen LogP contribution in [0.3, 0.4) is 0 Å². The van der Waals surface area contributed by atoms with Gasteiger partial charge in [0, 0.05) is 12.8 Å². The van der Waals surface area contributed by atoms with E-state index in [0.29, 0.717) is 29.3 Å². The SMILES string of the molecule is COCCN=C(NN)Nc1ccc(F)c(Br)c1. The average Bonchev–Trinajstić information content (AvgIpc) is 2.32. The topological polar surface area (TPSA) is 71.7 Å². The lowest BCUT2D eigenvalue weighted by molar-refractivity contribution is 0.208. The molecule has 0 radical (unpaired) electrons. The minimum Gasteiger partial charge on any atom is -0.383 e. The molecule has 4 N–H and O–H groups in total. The van der Waals surface area contributed by atoms with Crippen molar-refractivity contribution in [3.63, 3.8) is 0 Å². The van der Waals surface area contributed by atoms with E-state index in [-0.39, 0.29) is 5.82 Å². The summed E-state index contributed by atoms with van der Waals surface area (Å²) in [5.74, 6) is 5.37. The van der Waals surface area contributed by atoms with Gasteiger partial charge in [-0.2, -0.15) is 0 Å². The number of rotatable bonds is 4. The van der Waals surface area contributed by atoms with Crippen molar-refractivity contribution < 1.29 is 9.13 Å². The Kier molecular flexibility index (Phi) is 5.88. The Morgan fingerprint density at radius 3 is 2.94 bits per heavy atom. The summed E-state index contributed by atoms with van der Waals surface area (Å²) in [7, 11) is 1.59. The number of guanidine groups is 1. The summed E-state index contributed by atoms with van der Waals surface area (Å²) in [6.07, 6.45) is 0. The Hall–Kier alpha value is -1.18. The Morgan fingerprint density at radius 2 is 2.35 bits per heavy atom. The smallest absolute Gasteiger partial charge is 0.210 e. The standard InChI is InChI=1S/C10H14BrFN4O/c1-17-5-4-14-10(16-13)15-7-2-3-9(12)8(11)6-7/h2-3,6H,4-5,13H2,1H3,(H2,14,15,16). The molecule has 0 aliphatic heterocycles. The normalized spacial score (nSPS) is 11.4. The van der Waals surface area contributed by atoms with Crippen molar-refractivity contribution in [1.82, 2.24) is 5.43 Å². The van der Waals surface area contributed by atoms with Crippen LogP contribution in [0.1, 0.15) is 0 Å². The summed E-state index contributed by atoms with van der Waals surface area (Å²) >= 11 is 3.10. The number of halogens is 2. The highest BCUT2D eigenvalue weighted by atomic mass is 79.9. The third-order valence-corrected chi connectivity index (χ3v) is 2.49. The molecule has 7 heteroatoms. The highest BCUT2D eigenvalue weighted by Crippen LogP contribution is 2.19. The van der Waals surface area contributed by atoms with Crippen LogP contribution in [-0.2, 0) is 4.74 Å². The molecule has 1 aromatic carbocycles. The second kappa shape index (κ2) is 7.21. The van der Waals surface area contributed by atoms with E-state index in [4.69, 9.17) is 10.6 Å². The first-order valence-corrected chi connectivity index (χ1v) is 5.68. The van der Waals surface area contributed by atoms with Crippen molar-refractivity contribution in [2.24, 2.45) is 10.8 Å². The van der Waals surface area contributed by atoms with Crippen molar-refractivity contribution in [2.45, 2.75) is 0 Å². The zero-order valence-corrected chi connectivity index (χ0v) is 10.9. The zero-order valence-electron chi connectivity index (χ0n) is 9.34. The van der Waals surface area contributed by atoms with Gasteiger partial charge >= 0.3 is 0 Å². The molecule has 5 nitrogen and oxygen atoms in total.